The van der Waals surface area contributed by atoms with Gasteiger partial charge in [-0.05, 0) is 43.2 Å². The zero-order valence-corrected chi connectivity index (χ0v) is 11.5. The van der Waals surface area contributed by atoms with Crippen molar-refractivity contribution in [1.82, 2.24) is 9.97 Å². The Morgan fingerprint density at radius 3 is 2.53 bits per heavy atom. The first-order chi connectivity index (χ1) is 9.34. The fraction of sp³-hybridized carbons (Fsp3) is 0.286. The third kappa shape index (κ3) is 5.18. The molecule has 0 aliphatic carbocycles. The van der Waals surface area contributed by atoms with E-state index < -0.39 is 0 Å². The average molecular weight is 275 g/mol. The Hall–Kier alpha value is -1.75. The summed E-state index contributed by atoms with van der Waals surface area (Å²) in [5, 5.41) is 0.835. The van der Waals surface area contributed by atoms with Crippen LogP contribution >= 0.6 is 11.8 Å². The molecule has 0 bridgehead atoms. The molecule has 5 heteroatoms. The van der Waals surface area contributed by atoms with Gasteiger partial charge in [0.2, 0.25) is 0 Å². The van der Waals surface area contributed by atoms with Crippen molar-refractivity contribution in [2.24, 2.45) is 0 Å². The number of rotatable bonds is 7. The first-order valence-electron chi connectivity index (χ1n) is 6.23. The van der Waals surface area contributed by atoms with Gasteiger partial charge in [0.1, 0.15) is 5.75 Å². The molecular weight excluding hydrogens is 258 g/mol. The van der Waals surface area contributed by atoms with E-state index in [1.54, 1.807) is 24.2 Å². The van der Waals surface area contributed by atoms with Crippen LogP contribution in [0.1, 0.15) is 12.8 Å². The third-order valence-corrected chi connectivity index (χ3v) is 3.42. The number of ether oxygens (including phenoxy) is 1. The Bertz CT molecular complexity index is 476. The first-order valence-corrected chi connectivity index (χ1v) is 7.21. The van der Waals surface area contributed by atoms with Gasteiger partial charge in [-0.2, -0.15) is 0 Å². The molecule has 100 valence electrons. The molecule has 0 spiro atoms. The van der Waals surface area contributed by atoms with Gasteiger partial charge in [-0.25, -0.2) is 9.97 Å². The van der Waals surface area contributed by atoms with Crippen molar-refractivity contribution >= 4 is 17.4 Å². The van der Waals surface area contributed by atoms with E-state index in [2.05, 4.69) is 9.97 Å². The summed E-state index contributed by atoms with van der Waals surface area (Å²) in [5.41, 5.74) is 6.36. The van der Waals surface area contributed by atoms with Gasteiger partial charge in [0, 0.05) is 23.8 Å². The number of nitrogen functional groups attached to an aromatic ring is 1. The highest BCUT2D eigenvalue weighted by molar-refractivity contribution is 7.99. The zero-order valence-electron chi connectivity index (χ0n) is 10.7. The van der Waals surface area contributed by atoms with Crippen LogP contribution in [0.25, 0.3) is 0 Å². The fourth-order valence-electron chi connectivity index (χ4n) is 1.48. The van der Waals surface area contributed by atoms with Crippen LogP contribution < -0.4 is 10.5 Å². The minimum absolute atomic E-state index is 0.722. The van der Waals surface area contributed by atoms with Crippen LogP contribution in [0, 0.1) is 0 Å². The van der Waals surface area contributed by atoms with Gasteiger partial charge in [0.05, 0.1) is 6.61 Å². The molecule has 0 atom stereocenters. The minimum atomic E-state index is 0.722. The van der Waals surface area contributed by atoms with Crippen molar-refractivity contribution in [1.29, 1.82) is 0 Å². The van der Waals surface area contributed by atoms with Gasteiger partial charge < -0.3 is 10.5 Å². The zero-order chi connectivity index (χ0) is 13.3. The molecule has 0 unspecified atom stereocenters. The highest BCUT2D eigenvalue weighted by Gasteiger charge is 1.97. The number of unbranched alkanes of at least 4 members (excludes halogenated alkanes) is 1. The first kappa shape index (κ1) is 13.7. The predicted octanol–water partition coefficient (Wildman–Crippen LogP) is 3.01. The van der Waals surface area contributed by atoms with Crippen LogP contribution in [0.3, 0.4) is 0 Å². The molecule has 1 heterocycles. The summed E-state index contributed by atoms with van der Waals surface area (Å²) in [4.78, 5) is 8.32. The fourth-order valence-corrected chi connectivity index (χ4v) is 2.28. The summed E-state index contributed by atoms with van der Waals surface area (Å²) in [7, 11) is 0. The summed E-state index contributed by atoms with van der Waals surface area (Å²) in [6.45, 7) is 0.722. The second-order valence-corrected chi connectivity index (χ2v) is 5.07. The molecule has 2 rings (SSSR count). The Labute approximate surface area is 117 Å². The van der Waals surface area contributed by atoms with Crippen molar-refractivity contribution in [3.8, 4) is 5.75 Å². The molecule has 0 saturated carbocycles. The van der Waals surface area contributed by atoms with E-state index in [4.69, 9.17) is 10.5 Å². The molecule has 0 aliphatic rings. The number of benzene rings is 1. The lowest BCUT2D eigenvalue weighted by Gasteiger charge is -2.06. The molecule has 0 fully saturated rings. The second-order valence-electron chi connectivity index (χ2n) is 4.00. The molecule has 2 aromatic rings. The molecule has 1 aromatic heterocycles. The van der Waals surface area contributed by atoms with Crippen LogP contribution in [0.15, 0.2) is 47.9 Å². The SMILES string of the molecule is Nc1ccc(OCCCCSc2ncccn2)cc1. The summed E-state index contributed by atoms with van der Waals surface area (Å²) in [6.07, 6.45) is 5.63. The maximum Gasteiger partial charge on any atom is 0.187 e. The Balaban J connectivity index is 1.56. The quantitative estimate of drug-likeness (QED) is 0.364. The lowest BCUT2D eigenvalue weighted by Crippen LogP contribution is -1.98. The number of thioether (sulfide) groups is 1. The number of aromatic nitrogens is 2. The van der Waals surface area contributed by atoms with Crippen LogP contribution in [0.5, 0.6) is 5.75 Å². The molecular formula is C14H17N3OS. The van der Waals surface area contributed by atoms with E-state index in [1.807, 2.05) is 30.3 Å². The topological polar surface area (TPSA) is 61.0 Å². The van der Waals surface area contributed by atoms with Crippen LogP contribution in [-0.2, 0) is 0 Å². The van der Waals surface area contributed by atoms with Crippen LogP contribution in [0.2, 0.25) is 0 Å². The van der Waals surface area contributed by atoms with Gasteiger partial charge in [0.25, 0.3) is 0 Å². The molecule has 4 nitrogen and oxygen atoms in total. The predicted molar refractivity (Wildman–Crippen MR) is 78.3 cm³/mol. The minimum Gasteiger partial charge on any atom is -0.494 e. The second kappa shape index (κ2) is 7.63. The highest BCUT2D eigenvalue weighted by atomic mass is 32.2. The number of hydrogen-bond donors (Lipinski definition) is 1. The smallest absolute Gasteiger partial charge is 0.187 e. The van der Waals surface area contributed by atoms with E-state index in [0.717, 1.165) is 41.8 Å². The van der Waals surface area contributed by atoms with E-state index in [0.29, 0.717) is 0 Å². The van der Waals surface area contributed by atoms with Crippen LogP contribution in [0.4, 0.5) is 5.69 Å². The van der Waals surface area contributed by atoms with Crippen molar-refractivity contribution in [2.45, 2.75) is 18.0 Å². The monoisotopic (exact) mass is 275 g/mol. The van der Waals surface area contributed by atoms with Crippen molar-refractivity contribution in [3.05, 3.63) is 42.7 Å². The highest BCUT2D eigenvalue weighted by Crippen LogP contribution is 2.15. The Morgan fingerprint density at radius 1 is 1.05 bits per heavy atom. The maximum absolute atomic E-state index is 5.62. The van der Waals surface area contributed by atoms with Gasteiger partial charge in [0.15, 0.2) is 5.16 Å². The number of nitrogens with two attached hydrogens (primary N) is 1. The molecule has 2 N–H and O–H groups in total. The van der Waals surface area contributed by atoms with E-state index in [1.165, 1.54) is 0 Å². The number of nitrogens with zero attached hydrogens (tertiary/aromatic N) is 2. The summed E-state index contributed by atoms with van der Waals surface area (Å²) in [5.74, 6) is 1.88. The Morgan fingerprint density at radius 2 is 1.79 bits per heavy atom. The standard InChI is InChI=1S/C14H17N3OS/c15-12-4-6-13(7-5-12)18-10-1-2-11-19-14-16-8-3-9-17-14/h3-9H,1-2,10-11,15H2. The molecule has 0 saturated heterocycles. The van der Waals surface area contributed by atoms with Gasteiger partial charge in [-0.15, -0.1) is 0 Å². The van der Waals surface area contributed by atoms with E-state index in [-0.39, 0.29) is 0 Å². The molecule has 19 heavy (non-hydrogen) atoms. The third-order valence-electron chi connectivity index (χ3n) is 2.46. The molecule has 0 amide bonds. The average Bonchev–Trinajstić information content (AvgIpc) is 2.46. The van der Waals surface area contributed by atoms with Gasteiger partial charge in [-0.3, -0.25) is 0 Å². The van der Waals surface area contributed by atoms with Gasteiger partial charge >= 0.3 is 0 Å². The van der Waals surface area contributed by atoms with Crippen LogP contribution in [-0.4, -0.2) is 22.3 Å². The summed E-state index contributed by atoms with van der Waals surface area (Å²) >= 11 is 1.67. The molecule has 0 radical (unpaired) electrons. The molecule has 1 aromatic carbocycles. The van der Waals surface area contributed by atoms with Crippen molar-refractivity contribution in [3.63, 3.8) is 0 Å². The number of hydrogen-bond acceptors (Lipinski definition) is 5. The summed E-state index contributed by atoms with van der Waals surface area (Å²) in [6, 6.07) is 9.30. The lowest BCUT2D eigenvalue weighted by atomic mass is 10.3. The maximum atomic E-state index is 5.62. The van der Waals surface area contributed by atoms with E-state index >= 15 is 0 Å². The Kier molecular flexibility index (Phi) is 5.49. The lowest BCUT2D eigenvalue weighted by molar-refractivity contribution is 0.310. The number of anilines is 1. The molecule has 0 aliphatic heterocycles. The van der Waals surface area contributed by atoms with Crippen molar-refractivity contribution < 1.29 is 4.74 Å². The van der Waals surface area contributed by atoms with E-state index in [9.17, 15) is 0 Å². The normalized spacial score (nSPS) is 10.3. The largest absolute Gasteiger partial charge is 0.494 e. The van der Waals surface area contributed by atoms with Gasteiger partial charge in [-0.1, -0.05) is 11.8 Å². The van der Waals surface area contributed by atoms with Crippen molar-refractivity contribution in [2.75, 3.05) is 18.1 Å². The summed E-state index contributed by atoms with van der Waals surface area (Å²) < 4.78 is 5.62.